The summed E-state index contributed by atoms with van der Waals surface area (Å²) in [7, 11) is 0. The predicted octanol–water partition coefficient (Wildman–Crippen LogP) is 7.30. The molecule has 0 bridgehead atoms. The zero-order valence-corrected chi connectivity index (χ0v) is 34.9. The molecular weight excluding hydrogens is 705 g/mol. The van der Waals surface area contributed by atoms with Gasteiger partial charge in [-0.05, 0) is 146 Å². The van der Waals surface area contributed by atoms with Gasteiger partial charge in [0.15, 0.2) is 0 Å². The number of fused-ring (bicyclic) bond motifs is 1. The van der Waals surface area contributed by atoms with Gasteiger partial charge in [0, 0.05) is 62.4 Å². The van der Waals surface area contributed by atoms with Crippen molar-refractivity contribution in [2.24, 2.45) is 11.8 Å². The van der Waals surface area contributed by atoms with Gasteiger partial charge in [-0.3, -0.25) is 19.2 Å². The molecule has 2 aromatic rings. The fourth-order valence-electron chi connectivity index (χ4n) is 9.56. The number of carbonyl (C=O) groups excluding carboxylic acids is 3. The number of nitrogens with zero attached hydrogens (tertiary/aromatic N) is 6. The molecule has 0 unspecified atom stereocenters. The molecule has 306 valence electrons. The lowest BCUT2D eigenvalue weighted by molar-refractivity contribution is -0.134. The molecule has 5 fully saturated rings. The Kier molecular flexibility index (Phi) is 11.0. The van der Waals surface area contributed by atoms with E-state index in [9.17, 15) is 14.4 Å². The van der Waals surface area contributed by atoms with Crippen molar-refractivity contribution in [3.05, 3.63) is 41.2 Å². The molecule has 11 heteroatoms. The topological polar surface area (TPSA) is 100 Å². The van der Waals surface area contributed by atoms with Gasteiger partial charge in [0.05, 0.1) is 24.0 Å². The molecule has 4 aliphatic heterocycles. The zero-order valence-electron chi connectivity index (χ0n) is 34.9. The fourth-order valence-corrected chi connectivity index (χ4v) is 9.56. The number of benzene rings is 1. The highest BCUT2D eigenvalue weighted by Crippen LogP contribution is 2.45. The Labute approximate surface area is 334 Å². The van der Waals surface area contributed by atoms with E-state index >= 15 is 0 Å². The maximum atomic E-state index is 13.4. The number of amides is 3. The van der Waals surface area contributed by atoms with Crippen LogP contribution in [0.5, 0.6) is 5.75 Å². The van der Waals surface area contributed by atoms with Gasteiger partial charge in [0.25, 0.3) is 0 Å². The Morgan fingerprint density at radius 3 is 2.20 bits per heavy atom. The van der Waals surface area contributed by atoms with Crippen molar-refractivity contribution in [2.45, 2.75) is 160 Å². The first kappa shape index (κ1) is 39.2. The third kappa shape index (κ3) is 8.48. The molecule has 2 saturated carbocycles. The maximum absolute atomic E-state index is 13.4. The lowest BCUT2D eigenvalue weighted by Crippen LogP contribution is -2.62. The molecule has 2 aliphatic carbocycles. The van der Waals surface area contributed by atoms with Crippen LogP contribution in [-0.2, 0) is 32.6 Å². The third-order valence-corrected chi connectivity index (χ3v) is 13.7. The average molecular weight is 771 g/mol. The first-order valence-corrected chi connectivity index (χ1v) is 21.9. The Hall–Kier alpha value is -3.60. The van der Waals surface area contributed by atoms with E-state index in [-0.39, 0.29) is 35.6 Å². The minimum absolute atomic E-state index is 0.169. The summed E-state index contributed by atoms with van der Waals surface area (Å²) >= 11 is 0. The van der Waals surface area contributed by atoms with E-state index in [2.05, 4.69) is 58.5 Å². The van der Waals surface area contributed by atoms with Gasteiger partial charge in [0.1, 0.15) is 11.4 Å². The Morgan fingerprint density at radius 2 is 1.55 bits per heavy atom. The van der Waals surface area contributed by atoms with Crippen LogP contribution in [0, 0.1) is 11.8 Å². The van der Waals surface area contributed by atoms with E-state index < -0.39 is 5.60 Å². The predicted molar refractivity (Wildman–Crippen MR) is 217 cm³/mol. The monoisotopic (exact) mass is 771 g/mol. The van der Waals surface area contributed by atoms with Crippen molar-refractivity contribution >= 4 is 23.6 Å². The molecule has 1 atom stereocenters. The van der Waals surface area contributed by atoms with Gasteiger partial charge in [-0.25, -0.2) is 4.79 Å². The first-order valence-electron chi connectivity index (χ1n) is 21.9. The first-order chi connectivity index (χ1) is 26.7. The molecule has 1 aromatic carbocycles. The van der Waals surface area contributed by atoms with E-state index in [0.717, 1.165) is 121 Å². The van der Waals surface area contributed by atoms with E-state index in [1.807, 2.05) is 27.0 Å². The van der Waals surface area contributed by atoms with Crippen LogP contribution in [-0.4, -0.2) is 105 Å². The molecule has 3 saturated heterocycles. The highest BCUT2D eigenvalue weighted by Gasteiger charge is 2.41. The summed E-state index contributed by atoms with van der Waals surface area (Å²) in [5.41, 5.74) is 4.10. The number of likely N-dealkylation sites (tertiary alicyclic amines) is 3. The molecule has 1 aromatic heterocycles. The quantitative estimate of drug-likeness (QED) is 0.250. The minimum atomic E-state index is -0.468. The number of hydrogen-bond donors (Lipinski definition) is 0. The Bertz CT molecular complexity index is 1750. The normalized spacial score (nSPS) is 23.4. The van der Waals surface area contributed by atoms with Crippen molar-refractivity contribution in [3.8, 4) is 5.75 Å². The summed E-state index contributed by atoms with van der Waals surface area (Å²) in [6.45, 7) is 17.5. The highest BCUT2D eigenvalue weighted by molar-refractivity contribution is 5.98. The molecule has 3 amide bonds. The second kappa shape index (κ2) is 15.6. The van der Waals surface area contributed by atoms with Crippen molar-refractivity contribution in [1.29, 1.82) is 0 Å². The number of carbonyl (C=O) groups is 3. The number of rotatable bonds is 10. The molecular formula is C45H66N6O5. The summed E-state index contributed by atoms with van der Waals surface area (Å²) in [6, 6.07) is 5.33. The smallest absolute Gasteiger partial charge is 0.410 e. The van der Waals surface area contributed by atoms with Gasteiger partial charge < -0.3 is 24.2 Å². The standard InChI is InChI=1S/C45H66N6O5/c1-30-10-14-38-39(51(30)42(53)32-11-12-32)15-13-33(41(38)55-37-8-7-9-37)25-45(5,6)34-26-46-50(27-34)35-18-22-48(23-19-35)40(52)24-31-16-20-47(21-17-31)36-28-49(29-36)43(54)56-44(2,3)4/h13,15,26-27,30-32,35-37H,7-12,14,16-25,28-29H2,1-6H3/t30-/m0/s1. The van der Waals surface area contributed by atoms with Gasteiger partial charge in [0.2, 0.25) is 11.8 Å². The highest BCUT2D eigenvalue weighted by atomic mass is 16.6. The van der Waals surface area contributed by atoms with Gasteiger partial charge in [-0.2, -0.15) is 5.10 Å². The summed E-state index contributed by atoms with van der Waals surface area (Å²) in [6.07, 6.45) is 17.1. The fraction of sp³-hybridized carbons (Fsp3) is 0.733. The van der Waals surface area contributed by atoms with Crippen LogP contribution in [0.25, 0.3) is 0 Å². The third-order valence-electron chi connectivity index (χ3n) is 13.7. The number of aromatic nitrogens is 2. The summed E-state index contributed by atoms with van der Waals surface area (Å²) in [5.74, 6) is 2.23. The van der Waals surface area contributed by atoms with E-state index in [1.54, 1.807) is 4.90 Å². The van der Waals surface area contributed by atoms with Crippen LogP contribution in [0.4, 0.5) is 10.5 Å². The molecule has 0 N–H and O–H groups in total. The SMILES string of the molecule is C[C@H]1CCc2c(ccc(CC(C)(C)c3cnn(C4CCN(C(=O)CC5CCN(C6CN(C(=O)OC(C)(C)C)C6)CC5)CC4)c3)c2OC2CCC2)N1C(=O)C1CC1. The van der Waals surface area contributed by atoms with Crippen molar-refractivity contribution in [1.82, 2.24) is 24.5 Å². The van der Waals surface area contributed by atoms with Crippen molar-refractivity contribution in [3.63, 3.8) is 0 Å². The summed E-state index contributed by atoms with van der Waals surface area (Å²) in [5, 5.41) is 4.90. The van der Waals surface area contributed by atoms with E-state index in [1.165, 1.54) is 23.1 Å². The van der Waals surface area contributed by atoms with E-state index in [4.69, 9.17) is 14.6 Å². The second-order valence-electron chi connectivity index (χ2n) is 19.7. The van der Waals surface area contributed by atoms with E-state index in [0.29, 0.717) is 30.2 Å². The summed E-state index contributed by atoms with van der Waals surface area (Å²) < 4.78 is 14.5. The lowest BCUT2D eigenvalue weighted by Gasteiger charge is -2.47. The Morgan fingerprint density at radius 1 is 0.839 bits per heavy atom. The number of ether oxygens (including phenoxy) is 2. The molecule has 0 spiro atoms. The second-order valence-corrected chi connectivity index (χ2v) is 19.7. The summed E-state index contributed by atoms with van der Waals surface area (Å²) in [4.78, 5) is 47.7. The minimum Gasteiger partial charge on any atom is -0.490 e. The van der Waals surface area contributed by atoms with Gasteiger partial charge in [-0.15, -0.1) is 0 Å². The number of anilines is 1. The molecule has 8 rings (SSSR count). The van der Waals surface area contributed by atoms with Crippen molar-refractivity contribution < 1.29 is 23.9 Å². The van der Waals surface area contributed by atoms with Crippen LogP contribution >= 0.6 is 0 Å². The van der Waals surface area contributed by atoms with Gasteiger partial charge >= 0.3 is 6.09 Å². The average Bonchev–Trinajstić information content (AvgIpc) is 3.84. The van der Waals surface area contributed by atoms with Gasteiger partial charge in [-0.1, -0.05) is 19.9 Å². The molecule has 56 heavy (non-hydrogen) atoms. The number of hydrogen-bond acceptors (Lipinski definition) is 7. The van der Waals surface area contributed by atoms with Crippen LogP contribution in [0.15, 0.2) is 24.5 Å². The van der Waals surface area contributed by atoms with Crippen LogP contribution in [0.2, 0.25) is 0 Å². The lowest BCUT2D eigenvalue weighted by atomic mass is 9.79. The van der Waals surface area contributed by atoms with Crippen LogP contribution in [0.3, 0.4) is 0 Å². The number of piperidine rings is 2. The van der Waals surface area contributed by atoms with Crippen LogP contribution in [0.1, 0.15) is 135 Å². The zero-order chi connectivity index (χ0) is 39.4. The van der Waals surface area contributed by atoms with Crippen molar-refractivity contribution in [2.75, 3.05) is 44.2 Å². The Balaban J connectivity index is 0.833. The molecule has 11 nitrogen and oxygen atoms in total. The van der Waals surface area contributed by atoms with Crippen LogP contribution < -0.4 is 9.64 Å². The molecule has 5 heterocycles. The molecule has 6 aliphatic rings. The molecule has 0 radical (unpaired) electrons. The largest absolute Gasteiger partial charge is 0.490 e. The maximum Gasteiger partial charge on any atom is 0.410 e.